The molecule has 0 saturated carbocycles. The summed E-state index contributed by atoms with van der Waals surface area (Å²) in [5, 5.41) is 2.96. The van der Waals surface area contributed by atoms with E-state index in [0.29, 0.717) is 17.5 Å². The molecule has 1 aromatic rings. The van der Waals surface area contributed by atoms with E-state index in [1.807, 2.05) is 17.0 Å². The van der Waals surface area contributed by atoms with Gasteiger partial charge in [0.05, 0.1) is 0 Å². The molecule has 1 amide bonds. The molecule has 2 rings (SSSR count). The van der Waals surface area contributed by atoms with Crippen LogP contribution in [0.15, 0.2) is 18.2 Å². The van der Waals surface area contributed by atoms with Crippen LogP contribution < -0.4 is 5.32 Å². The second kappa shape index (κ2) is 5.38. The van der Waals surface area contributed by atoms with Crippen molar-refractivity contribution in [1.82, 2.24) is 9.88 Å². The Morgan fingerprint density at radius 2 is 2.17 bits per heavy atom. The topological polar surface area (TPSA) is 45.2 Å². The molecule has 2 heterocycles. The number of rotatable bonds is 2. The van der Waals surface area contributed by atoms with Gasteiger partial charge in [-0.25, -0.2) is 4.98 Å². The summed E-state index contributed by atoms with van der Waals surface area (Å²) in [7, 11) is 1.81. The van der Waals surface area contributed by atoms with Crippen LogP contribution in [0.2, 0.25) is 0 Å². The van der Waals surface area contributed by atoms with Gasteiger partial charge < -0.3 is 10.2 Å². The summed E-state index contributed by atoms with van der Waals surface area (Å²) in [6.07, 6.45) is 1.08. The highest BCUT2D eigenvalue weighted by Gasteiger charge is 2.27. The summed E-state index contributed by atoms with van der Waals surface area (Å²) >= 11 is 0. The van der Waals surface area contributed by atoms with Gasteiger partial charge in [-0.3, -0.25) is 4.79 Å². The Morgan fingerprint density at radius 3 is 2.83 bits per heavy atom. The second-order valence-electron chi connectivity index (χ2n) is 5.15. The van der Waals surface area contributed by atoms with Crippen molar-refractivity contribution in [2.24, 2.45) is 11.8 Å². The third-order valence-corrected chi connectivity index (χ3v) is 3.85. The quantitative estimate of drug-likeness (QED) is 0.871. The van der Waals surface area contributed by atoms with Crippen LogP contribution in [-0.2, 0) is 0 Å². The molecule has 0 aromatic carbocycles. The van der Waals surface area contributed by atoms with Crippen molar-refractivity contribution in [2.45, 2.75) is 20.3 Å². The zero-order chi connectivity index (χ0) is 13.1. The van der Waals surface area contributed by atoms with Crippen molar-refractivity contribution in [3.8, 4) is 0 Å². The van der Waals surface area contributed by atoms with Crippen LogP contribution in [0.4, 0.5) is 5.82 Å². The fourth-order valence-electron chi connectivity index (χ4n) is 2.30. The van der Waals surface area contributed by atoms with Gasteiger partial charge in [0.15, 0.2) is 0 Å². The molecule has 0 radical (unpaired) electrons. The lowest BCUT2D eigenvalue weighted by Crippen LogP contribution is -2.42. The lowest BCUT2D eigenvalue weighted by atomic mass is 9.88. The summed E-state index contributed by atoms with van der Waals surface area (Å²) in [5.74, 6) is 2.05. The van der Waals surface area contributed by atoms with Gasteiger partial charge in [0.1, 0.15) is 11.5 Å². The lowest BCUT2D eigenvalue weighted by Gasteiger charge is -2.35. The van der Waals surface area contributed by atoms with E-state index in [2.05, 4.69) is 24.1 Å². The number of aromatic nitrogens is 1. The first-order valence-electron chi connectivity index (χ1n) is 6.56. The van der Waals surface area contributed by atoms with Crippen molar-refractivity contribution >= 4 is 11.7 Å². The number of nitrogens with one attached hydrogen (secondary N) is 1. The Balaban J connectivity index is 2.11. The lowest BCUT2D eigenvalue weighted by molar-refractivity contribution is 0.0622. The smallest absolute Gasteiger partial charge is 0.272 e. The van der Waals surface area contributed by atoms with Crippen molar-refractivity contribution < 1.29 is 4.79 Å². The van der Waals surface area contributed by atoms with E-state index in [1.165, 1.54) is 0 Å². The minimum absolute atomic E-state index is 0.0471. The minimum atomic E-state index is 0.0471. The van der Waals surface area contributed by atoms with E-state index in [4.69, 9.17) is 0 Å². The molecule has 2 atom stereocenters. The molecule has 1 saturated heterocycles. The van der Waals surface area contributed by atoms with Gasteiger partial charge in [0.25, 0.3) is 5.91 Å². The van der Waals surface area contributed by atoms with Gasteiger partial charge in [-0.15, -0.1) is 0 Å². The highest BCUT2D eigenvalue weighted by Crippen LogP contribution is 2.23. The number of nitrogens with zero attached hydrogens (tertiary/aromatic N) is 2. The van der Waals surface area contributed by atoms with Crippen LogP contribution in [0, 0.1) is 11.8 Å². The fourth-order valence-corrected chi connectivity index (χ4v) is 2.30. The Hall–Kier alpha value is -1.58. The number of hydrogen-bond donors (Lipinski definition) is 1. The molecular formula is C14H21N3O. The fraction of sp³-hybridized carbons (Fsp3) is 0.571. The number of carbonyl (C=O) groups is 1. The Bertz CT molecular complexity index is 433. The Morgan fingerprint density at radius 1 is 1.39 bits per heavy atom. The highest BCUT2D eigenvalue weighted by atomic mass is 16.2. The second-order valence-corrected chi connectivity index (χ2v) is 5.15. The van der Waals surface area contributed by atoms with Gasteiger partial charge >= 0.3 is 0 Å². The standard InChI is InChI=1S/C14H21N3O/c1-10-7-8-17(9-11(10)2)14(18)12-5-4-6-13(15-3)16-12/h4-6,10-11H,7-9H2,1-3H3,(H,15,16). The van der Waals surface area contributed by atoms with Crippen molar-refractivity contribution in [3.05, 3.63) is 23.9 Å². The van der Waals surface area contributed by atoms with Gasteiger partial charge in [-0.2, -0.15) is 0 Å². The first-order chi connectivity index (χ1) is 8.61. The Kier molecular flexibility index (Phi) is 3.84. The van der Waals surface area contributed by atoms with Crippen LogP contribution in [-0.4, -0.2) is 35.9 Å². The van der Waals surface area contributed by atoms with Crippen LogP contribution in [0.25, 0.3) is 0 Å². The Labute approximate surface area is 108 Å². The molecular weight excluding hydrogens is 226 g/mol. The van der Waals surface area contributed by atoms with E-state index < -0.39 is 0 Å². The number of piperidine rings is 1. The van der Waals surface area contributed by atoms with Crippen molar-refractivity contribution in [1.29, 1.82) is 0 Å². The molecule has 4 nitrogen and oxygen atoms in total. The summed E-state index contributed by atoms with van der Waals surface area (Å²) in [4.78, 5) is 18.6. The van der Waals surface area contributed by atoms with E-state index in [-0.39, 0.29) is 5.91 Å². The van der Waals surface area contributed by atoms with Crippen molar-refractivity contribution in [3.63, 3.8) is 0 Å². The summed E-state index contributed by atoms with van der Waals surface area (Å²) in [6.45, 7) is 6.15. The molecule has 98 valence electrons. The summed E-state index contributed by atoms with van der Waals surface area (Å²) in [5.41, 5.74) is 0.531. The summed E-state index contributed by atoms with van der Waals surface area (Å²) in [6, 6.07) is 5.51. The number of pyridine rings is 1. The first kappa shape index (κ1) is 12.9. The number of anilines is 1. The third-order valence-electron chi connectivity index (χ3n) is 3.85. The SMILES string of the molecule is CNc1cccc(C(=O)N2CCC(C)C(C)C2)n1. The average molecular weight is 247 g/mol. The molecule has 18 heavy (non-hydrogen) atoms. The molecule has 1 fully saturated rings. The van der Waals surface area contributed by atoms with E-state index in [0.717, 1.165) is 25.3 Å². The number of likely N-dealkylation sites (tertiary alicyclic amines) is 1. The maximum atomic E-state index is 12.4. The molecule has 0 aliphatic carbocycles. The van der Waals surface area contributed by atoms with Crippen LogP contribution in [0.1, 0.15) is 30.8 Å². The van der Waals surface area contributed by atoms with E-state index >= 15 is 0 Å². The largest absolute Gasteiger partial charge is 0.373 e. The molecule has 0 bridgehead atoms. The van der Waals surface area contributed by atoms with Gasteiger partial charge in [0.2, 0.25) is 0 Å². The predicted octanol–water partition coefficient (Wildman–Crippen LogP) is 2.24. The maximum Gasteiger partial charge on any atom is 0.272 e. The highest BCUT2D eigenvalue weighted by molar-refractivity contribution is 5.92. The van der Waals surface area contributed by atoms with E-state index in [9.17, 15) is 4.79 Å². The predicted molar refractivity (Wildman–Crippen MR) is 72.6 cm³/mol. The molecule has 1 aliphatic heterocycles. The third kappa shape index (κ3) is 2.63. The van der Waals surface area contributed by atoms with Crippen molar-refractivity contribution in [2.75, 3.05) is 25.5 Å². The molecule has 4 heteroatoms. The first-order valence-corrected chi connectivity index (χ1v) is 6.56. The van der Waals surface area contributed by atoms with Gasteiger partial charge in [-0.05, 0) is 30.4 Å². The average Bonchev–Trinajstić information content (AvgIpc) is 2.41. The number of carbonyl (C=O) groups excluding carboxylic acids is 1. The van der Waals surface area contributed by atoms with Crippen LogP contribution >= 0.6 is 0 Å². The van der Waals surface area contributed by atoms with Gasteiger partial charge in [-0.1, -0.05) is 19.9 Å². The zero-order valence-electron chi connectivity index (χ0n) is 11.3. The normalized spacial score (nSPS) is 23.8. The van der Waals surface area contributed by atoms with E-state index in [1.54, 1.807) is 13.1 Å². The molecule has 2 unspecified atom stereocenters. The molecule has 1 N–H and O–H groups in total. The maximum absolute atomic E-state index is 12.4. The minimum Gasteiger partial charge on any atom is -0.373 e. The molecule has 1 aromatic heterocycles. The monoisotopic (exact) mass is 247 g/mol. The van der Waals surface area contributed by atoms with Gasteiger partial charge in [0, 0.05) is 20.1 Å². The number of amides is 1. The van der Waals surface area contributed by atoms with Crippen LogP contribution in [0.5, 0.6) is 0 Å². The molecule has 1 aliphatic rings. The zero-order valence-corrected chi connectivity index (χ0v) is 11.3. The van der Waals surface area contributed by atoms with Crippen LogP contribution in [0.3, 0.4) is 0 Å². The molecule has 0 spiro atoms. The number of hydrogen-bond acceptors (Lipinski definition) is 3. The summed E-state index contributed by atoms with van der Waals surface area (Å²) < 4.78 is 0.